The van der Waals surface area contributed by atoms with Gasteiger partial charge in [0.05, 0.1) is 6.20 Å². The molecule has 0 spiro atoms. The van der Waals surface area contributed by atoms with Gasteiger partial charge in [-0.25, -0.2) is 0 Å². The molecule has 1 N–H and O–H groups in total. The van der Waals surface area contributed by atoms with Crippen molar-refractivity contribution >= 4 is 12.2 Å². The lowest BCUT2D eigenvalue weighted by molar-refractivity contribution is 0.654. The van der Waals surface area contributed by atoms with Crippen LogP contribution in [0.5, 0.6) is 0 Å². The number of aromatic nitrogens is 6. The summed E-state index contributed by atoms with van der Waals surface area (Å²) in [6.07, 6.45) is 1.63. The average Bonchev–Trinajstić information content (AvgIpc) is 2.61. The van der Waals surface area contributed by atoms with Gasteiger partial charge in [-0.05, 0) is 12.2 Å². The number of aromatic amines is 1. The number of aryl methyl sites for hydroxylation is 2. The van der Waals surface area contributed by atoms with Crippen molar-refractivity contribution in [3.8, 4) is 11.5 Å². The van der Waals surface area contributed by atoms with Gasteiger partial charge in [0.25, 0.3) is 0 Å². The fourth-order valence-corrected chi connectivity index (χ4v) is 1.11. The van der Waals surface area contributed by atoms with Crippen LogP contribution in [-0.4, -0.2) is 29.8 Å². The molecule has 2 aromatic heterocycles. The summed E-state index contributed by atoms with van der Waals surface area (Å²) in [6.45, 7) is 0. The van der Waals surface area contributed by atoms with Gasteiger partial charge in [0.1, 0.15) is 5.69 Å². The number of nitrogens with zero attached hydrogens (tertiary/aromatic N) is 5. The maximum atomic E-state index is 4.95. The minimum Gasteiger partial charge on any atom is -0.278 e. The summed E-state index contributed by atoms with van der Waals surface area (Å²) in [5.41, 5.74) is 0.689. The van der Waals surface area contributed by atoms with Crippen LogP contribution in [0.4, 0.5) is 0 Å². The Morgan fingerprint density at radius 3 is 2.69 bits per heavy atom. The first-order chi connectivity index (χ1) is 6.16. The molecule has 0 amide bonds. The quantitative estimate of drug-likeness (QED) is 0.665. The van der Waals surface area contributed by atoms with E-state index in [0.717, 1.165) is 0 Å². The van der Waals surface area contributed by atoms with E-state index in [0.29, 0.717) is 16.3 Å². The van der Waals surface area contributed by atoms with Crippen LogP contribution in [0.25, 0.3) is 11.5 Å². The molecular formula is C6H8N6S. The van der Waals surface area contributed by atoms with Crippen LogP contribution in [0.15, 0.2) is 6.20 Å². The molecule has 0 radical (unpaired) electrons. The largest absolute Gasteiger partial charge is 0.278 e. The van der Waals surface area contributed by atoms with E-state index in [2.05, 4.69) is 20.3 Å². The van der Waals surface area contributed by atoms with E-state index in [1.54, 1.807) is 25.0 Å². The summed E-state index contributed by atoms with van der Waals surface area (Å²) in [7, 11) is 3.55. The predicted molar refractivity (Wildman–Crippen MR) is 48.4 cm³/mol. The number of hydrogen-bond acceptors (Lipinski definition) is 4. The molecule has 7 heteroatoms. The number of nitrogens with one attached hydrogen (secondary N) is 1. The van der Waals surface area contributed by atoms with Gasteiger partial charge in [-0.3, -0.25) is 9.78 Å². The topological polar surface area (TPSA) is 64.3 Å². The first-order valence-corrected chi connectivity index (χ1v) is 4.07. The van der Waals surface area contributed by atoms with Crippen molar-refractivity contribution in [1.82, 2.24) is 29.8 Å². The van der Waals surface area contributed by atoms with E-state index >= 15 is 0 Å². The molecule has 0 aromatic carbocycles. The highest BCUT2D eigenvalue weighted by atomic mass is 32.1. The molecule has 0 saturated heterocycles. The van der Waals surface area contributed by atoms with E-state index < -0.39 is 0 Å². The summed E-state index contributed by atoms with van der Waals surface area (Å²) in [5, 5.41) is 11.0. The smallest absolute Gasteiger partial charge is 0.216 e. The minimum atomic E-state index is 0.501. The van der Waals surface area contributed by atoms with Crippen molar-refractivity contribution in [2.24, 2.45) is 14.1 Å². The Kier molecular flexibility index (Phi) is 1.73. The lowest BCUT2D eigenvalue weighted by Crippen LogP contribution is -1.93. The second kappa shape index (κ2) is 2.77. The minimum absolute atomic E-state index is 0.501. The highest BCUT2D eigenvalue weighted by Crippen LogP contribution is 2.08. The van der Waals surface area contributed by atoms with E-state index in [9.17, 15) is 0 Å². The van der Waals surface area contributed by atoms with E-state index in [-0.39, 0.29) is 0 Å². The fourth-order valence-electron chi connectivity index (χ4n) is 0.971. The third kappa shape index (κ3) is 1.37. The zero-order chi connectivity index (χ0) is 9.42. The summed E-state index contributed by atoms with van der Waals surface area (Å²) in [4.78, 5) is 5.57. The molecule has 0 aliphatic rings. The molecule has 2 rings (SSSR count). The van der Waals surface area contributed by atoms with Crippen molar-refractivity contribution in [2.75, 3.05) is 0 Å². The summed E-state index contributed by atoms with van der Waals surface area (Å²) >= 11 is 4.95. The SMILES string of the molecule is Cn1ncc(-c2nc(=S)n(C)[nH]2)n1. The average molecular weight is 196 g/mol. The molecule has 68 valence electrons. The van der Waals surface area contributed by atoms with Crippen LogP contribution in [0.2, 0.25) is 0 Å². The fraction of sp³-hybridized carbons (Fsp3) is 0.333. The second-order valence-corrected chi connectivity index (χ2v) is 3.00. The Balaban J connectivity index is 2.52. The predicted octanol–water partition coefficient (Wildman–Crippen LogP) is 0.273. The van der Waals surface area contributed by atoms with Gasteiger partial charge in [-0.2, -0.15) is 20.0 Å². The Bertz CT molecular complexity index is 477. The molecule has 2 heterocycles. The third-order valence-corrected chi connectivity index (χ3v) is 1.98. The lowest BCUT2D eigenvalue weighted by Gasteiger charge is -1.87. The first-order valence-electron chi connectivity index (χ1n) is 3.66. The van der Waals surface area contributed by atoms with Crippen molar-refractivity contribution in [3.05, 3.63) is 11.0 Å². The molecule has 13 heavy (non-hydrogen) atoms. The maximum absolute atomic E-state index is 4.95. The molecule has 0 fully saturated rings. The molecule has 0 atom stereocenters. The van der Waals surface area contributed by atoms with Crippen LogP contribution in [0.3, 0.4) is 0 Å². The van der Waals surface area contributed by atoms with E-state index in [1.807, 2.05) is 0 Å². The van der Waals surface area contributed by atoms with Crippen LogP contribution in [0.1, 0.15) is 0 Å². The third-order valence-electron chi connectivity index (χ3n) is 1.61. The zero-order valence-corrected chi connectivity index (χ0v) is 8.04. The van der Waals surface area contributed by atoms with Gasteiger partial charge in [0, 0.05) is 14.1 Å². The molecule has 0 aliphatic carbocycles. The number of rotatable bonds is 1. The molecule has 0 bridgehead atoms. The molecular weight excluding hydrogens is 188 g/mol. The van der Waals surface area contributed by atoms with Gasteiger partial charge < -0.3 is 0 Å². The van der Waals surface area contributed by atoms with Gasteiger partial charge in [-0.15, -0.1) is 0 Å². The van der Waals surface area contributed by atoms with Gasteiger partial charge in [-0.1, -0.05) is 0 Å². The van der Waals surface area contributed by atoms with Crippen molar-refractivity contribution < 1.29 is 0 Å². The highest BCUT2D eigenvalue weighted by Gasteiger charge is 2.05. The van der Waals surface area contributed by atoms with Gasteiger partial charge in [0.15, 0.2) is 5.82 Å². The Morgan fingerprint density at radius 2 is 2.23 bits per heavy atom. The van der Waals surface area contributed by atoms with Gasteiger partial charge >= 0.3 is 0 Å². The summed E-state index contributed by atoms with van der Waals surface area (Å²) in [5.74, 6) is 0.639. The molecule has 2 aromatic rings. The standard InChI is InChI=1S/C6H8N6S/c1-11-6(13)8-5(10-11)4-3-7-12(2)9-4/h3H,1-2H3,(H,8,10,13). The van der Waals surface area contributed by atoms with Crippen molar-refractivity contribution in [1.29, 1.82) is 0 Å². The zero-order valence-electron chi connectivity index (χ0n) is 7.22. The second-order valence-electron chi connectivity index (χ2n) is 2.63. The van der Waals surface area contributed by atoms with Crippen molar-refractivity contribution in [2.45, 2.75) is 0 Å². The molecule has 6 nitrogen and oxygen atoms in total. The number of hydrogen-bond donors (Lipinski definition) is 1. The maximum Gasteiger partial charge on any atom is 0.216 e. The highest BCUT2D eigenvalue weighted by molar-refractivity contribution is 7.71. The van der Waals surface area contributed by atoms with E-state index in [4.69, 9.17) is 12.2 Å². The first kappa shape index (κ1) is 8.11. The molecule has 0 saturated carbocycles. The summed E-state index contributed by atoms with van der Waals surface area (Å²) in [6, 6.07) is 0. The summed E-state index contributed by atoms with van der Waals surface area (Å²) < 4.78 is 2.15. The van der Waals surface area contributed by atoms with Crippen LogP contribution < -0.4 is 0 Å². The van der Waals surface area contributed by atoms with Crippen LogP contribution in [-0.2, 0) is 14.1 Å². The van der Waals surface area contributed by atoms with Gasteiger partial charge in [0.2, 0.25) is 4.77 Å². The normalized spacial score (nSPS) is 10.6. The van der Waals surface area contributed by atoms with Crippen molar-refractivity contribution in [3.63, 3.8) is 0 Å². The lowest BCUT2D eigenvalue weighted by atomic mass is 10.5. The molecule has 0 unspecified atom stereocenters. The Hall–Kier alpha value is -1.50. The Morgan fingerprint density at radius 1 is 1.46 bits per heavy atom. The van der Waals surface area contributed by atoms with Crippen LogP contribution >= 0.6 is 12.2 Å². The molecule has 0 aliphatic heterocycles. The van der Waals surface area contributed by atoms with E-state index in [1.165, 1.54) is 4.80 Å². The Labute approximate surface area is 79.2 Å². The van der Waals surface area contributed by atoms with Crippen LogP contribution in [0, 0.1) is 4.77 Å². The number of H-pyrrole nitrogens is 1. The monoisotopic (exact) mass is 196 g/mol.